The van der Waals surface area contributed by atoms with E-state index in [0.29, 0.717) is 0 Å². The first-order chi connectivity index (χ1) is 5.81. The number of aliphatic hydroxyl groups is 2. The number of aliphatic hydroxyl groups excluding tert-OH is 2. The molecule has 0 aliphatic carbocycles. The van der Waals surface area contributed by atoms with Gasteiger partial charge in [0.15, 0.2) is 0 Å². The highest BCUT2D eigenvalue weighted by molar-refractivity contribution is 5.74. The molecule has 0 rings (SSSR count). The third kappa shape index (κ3) is 3.74. The average molecular weight is 189 g/mol. The SMILES string of the molecule is CC(=O)N(CC(C)O)C(C)(C)CO. The summed E-state index contributed by atoms with van der Waals surface area (Å²) < 4.78 is 0. The summed E-state index contributed by atoms with van der Waals surface area (Å²) >= 11 is 0. The predicted octanol–water partition coefficient (Wildman–Crippen LogP) is -0.0134. The van der Waals surface area contributed by atoms with Crippen molar-refractivity contribution in [3.63, 3.8) is 0 Å². The summed E-state index contributed by atoms with van der Waals surface area (Å²) in [6, 6.07) is 0. The zero-order chi connectivity index (χ0) is 10.6. The van der Waals surface area contributed by atoms with Crippen LogP contribution in [0.5, 0.6) is 0 Å². The maximum atomic E-state index is 11.2. The van der Waals surface area contributed by atoms with Crippen molar-refractivity contribution in [1.29, 1.82) is 0 Å². The Balaban J connectivity index is 4.51. The number of amides is 1. The summed E-state index contributed by atoms with van der Waals surface area (Å²) in [7, 11) is 0. The highest BCUT2D eigenvalue weighted by Crippen LogP contribution is 2.14. The highest BCUT2D eigenvalue weighted by atomic mass is 16.3. The molecule has 2 N–H and O–H groups in total. The summed E-state index contributed by atoms with van der Waals surface area (Å²) in [5, 5.41) is 18.2. The van der Waals surface area contributed by atoms with E-state index in [4.69, 9.17) is 10.2 Å². The molecule has 1 atom stereocenters. The maximum absolute atomic E-state index is 11.2. The normalized spacial score (nSPS) is 14.0. The van der Waals surface area contributed by atoms with Crippen LogP contribution in [0.1, 0.15) is 27.7 Å². The molecule has 0 aromatic carbocycles. The zero-order valence-electron chi connectivity index (χ0n) is 8.74. The zero-order valence-corrected chi connectivity index (χ0v) is 8.74. The maximum Gasteiger partial charge on any atom is 0.220 e. The summed E-state index contributed by atoms with van der Waals surface area (Å²) in [6.45, 7) is 6.71. The van der Waals surface area contributed by atoms with Gasteiger partial charge in [0.2, 0.25) is 5.91 Å². The van der Waals surface area contributed by atoms with E-state index < -0.39 is 11.6 Å². The van der Waals surface area contributed by atoms with Crippen molar-refractivity contribution < 1.29 is 15.0 Å². The average Bonchev–Trinajstić information content (AvgIpc) is 1.99. The standard InChI is InChI=1S/C9H19NO3/c1-7(12)5-10(8(2)13)9(3,4)6-11/h7,11-12H,5-6H2,1-4H3. The molecule has 13 heavy (non-hydrogen) atoms. The minimum absolute atomic E-state index is 0.112. The molecule has 0 radical (unpaired) electrons. The van der Waals surface area contributed by atoms with Gasteiger partial charge in [0.05, 0.1) is 18.2 Å². The molecular weight excluding hydrogens is 170 g/mol. The number of rotatable bonds is 4. The first kappa shape index (κ1) is 12.4. The lowest BCUT2D eigenvalue weighted by atomic mass is 10.0. The fourth-order valence-corrected chi connectivity index (χ4v) is 1.15. The Morgan fingerprint density at radius 3 is 2.23 bits per heavy atom. The van der Waals surface area contributed by atoms with Crippen molar-refractivity contribution in [3.05, 3.63) is 0 Å². The van der Waals surface area contributed by atoms with Gasteiger partial charge in [-0.15, -0.1) is 0 Å². The third-order valence-corrected chi connectivity index (χ3v) is 1.94. The van der Waals surface area contributed by atoms with E-state index in [2.05, 4.69) is 0 Å². The predicted molar refractivity (Wildman–Crippen MR) is 50.2 cm³/mol. The first-order valence-corrected chi connectivity index (χ1v) is 4.38. The minimum atomic E-state index is -0.608. The van der Waals surface area contributed by atoms with Gasteiger partial charge >= 0.3 is 0 Å². The molecule has 0 aliphatic rings. The summed E-state index contributed by atoms with van der Waals surface area (Å²) in [6.07, 6.45) is -0.574. The lowest BCUT2D eigenvalue weighted by Crippen LogP contribution is -2.51. The molecule has 0 aliphatic heterocycles. The molecule has 4 nitrogen and oxygen atoms in total. The highest BCUT2D eigenvalue weighted by Gasteiger charge is 2.28. The van der Waals surface area contributed by atoms with E-state index in [-0.39, 0.29) is 19.1 Å². The van der Waals surface area contributed by atoms with E-state index in [1.54, 1.807) is 20.8 Å². The Bertz CT molecular complexity index is 178. The Kier molecular flexibility index (Phi) is 4.36. The molecule has 78 valence electrons. The van der Waals surface area contributed by atoms with E-state index in [0.717, 1.165) is 0 Å². The Labute approximate surface area is 79.2 Å². The Morgan fingerprint density at radius 2 is 2.00 bits per heavy atom. The first-order valence-electron chi connectivity index (χ1n) is 4.38. The van der Waals surface area contributed by atoms with Crippen LogP contribution < -0.4 is 0 Å². The molecule has 0 saturated carbocycles. The largest absolute Gasteiger partial charge is 0.394 e. The molecule has 0 spiro atoms. The van der Waals surface area contributed by atoms with Crippen LogP contribution in [0.3, 0.4) is 0 Å². The van der Waals surface area contributed by atoms with Crippen molar-refractivity contribution in [2.24, 2.45) is 0 Å². The second-order valence-corrected chi connectivity index (χ2v) is 3.95. The van der Waals surface area contributed by atoms with Gasteiger partial charge in [-0.3, -0.25) is 4.79 Å². The van der Waals surface area contributed by atoms with Crippen LogP contribution in [-0.4, -0.2) is 45.8 Å². The van der Waals surface area contributed by atoms with Crippen molar-refractivity contribution in [2.45, 2.75) is 39.3 Å². The number of hydrogen-bond donors (Lipinski definition) is 2. The van der Waals surface area contributed by atoms with Crippen LogP contribution in [0.2, 0.25) is 0 Å². The monoisotopic (exact) mass is 189 g/mol. The van der Waals surface area contributed by atoms with Gasteiger partial charge in [0.25, 0.3) is 0 Å². The van der Waals surface area contributed by atoms with Crippen molar-refractivity contribution in [3.8, 4) is 0 Å². The Morgan fingerprint density at radius 1 is 1.54 bits per heavy atom. The van der Waals surface area contributed by atoms with Gasteiger partial charge in [-0.2, -0.15) is 0 Å². The number of carbonyl (C=O) groups is 1. The van der Waals surface area contributed by atoms with Crippen molar-refractivity contribution in [2.75, 3.05) is 13.2 Å². The fraction of sp³-hybridized carbons (Fsp3) is 0.889. The fourth-order valence-electron chi connectivity index (χ4n) is 1.15. The molecule has 1 amide bonds. The van der Waals surface area contributed by atoms with Crippen LogP contribution >= 0.6 is 0 Å². The van der Waals surface area contributed by atoms with Gasteiger partial charge in [-0.1, -0.05) is 0 Å². The number of nitrogens with zero attached hydrogens (tertiary/aromatic N) is 1. The van der Waals surface area contributed by atoms with Crippen LogP contribution in [0.15, 0.2) is 0 Å². The lowest BCUT2D eigenvalue weighted by molar-refractivity contribution is -0.137. The number of β-amino-alcohol motifs (C(OH)–C–C–N with tert-alkyl or cyclic N) is 1. The number of hydrogen-bond acceptors (Lipinski definition) is 3. The quantitative estimate of drug-likeness (QED) is 0.653. The van der Waals surface area contributed by atoms with Crippen molar-refractivity contribution in [1.82, 2.24) is 4.90 Å². The number of carbonyl (C=O) groups excluding carboxylic acids is 1. The molecule has 0 aromatic heterocycles. The second kappa shape index (κ2) is 4.58. The van der Waals surface area contributed by atoms with Gasteiger partial charge < -0.3 is 15.1 Å². The van der Waals surface area contributed by atoms with Gasteiger partial charge in [0.1, 0.15) is 0 Å². The summed E-state index contributed by atoms with van der Waals surface area (Å²) in [4.78, 5) is 12.7. The smallest absolute Gasteiger partial charge is 0.220 e. The molecule has 0 heterocycles. The van der Waals surface area contributed by atoms with Crippen LogP contribution in [0.4, 0.5) is 0 Å². The van der Waals surface area contributed by atoms with E-state index >= 15 is 0 Å². The molecule has 0 saturated heterocycles. The van der Waals surface area contributed by atoms with Crippen molar-refractivity contribution >= 4 is 5.91 Å². The molecule has 0 bridgehead atoms. The van der Waals surface area contributed by atoms with E-state index in [1.807, 2.05) is 0 Å². The van der Waals surface area contributed by atoms with Crippen LogP contribution in [-0.2, 0) is 4.79 Å². The van der Waals surface area contributed by atoms with Gasteiger partial charge in [0, 0.05) is 13.5 Å². The summed E-state index contributed by atoms with van der Waals surface area (Å²) in [5.41, 5.74) is -0.608. The molecule has 0 aromatic rings. The van der Waals surface area contributed by atoms with Gasteiger partial charge in [-0.25, -0.2) is 0 Å². The van der Waals surface area contributed by atoms with E-state index in [1.165, 1.54) is 11.8 Å². The molecular formula is C9H19NO3. The van der Waals surface area contributed by atoms with Gasteiger partial charge in [-0.05, 0) is 20.8 Å². The van der Waals surface area contributed by atoms with Crippen LogP contribution in [0.25, 0.3) is 0 Å². The topological polar surface area (TPSA) is 60.8 Å². The Hall–Kier alpha value is -0.610. The molecule has 0 fully saturated rings. The van der Waals surface area contributed by atoms with Crippen LogP contribution in [0, 0.1) is 0 Å². The summed E-state index contributed by atoms with van der Waals surface area (Å²) in [5.74, 6) is -0.139. The molecule has 4 heteroatoms. The third-order valence-electron chi connectivity index (χ3n) is 1.94. The second-order valence-electron chi connectivity index (χ2n) is 3.95. The minimum Gasteiger partial charge on any atom is -0.394 e. The molecule has 1 unspecified atom stereocenters. The van der Waals surface area contributed by atoms with E-state index in [9.17, 15) is 4.79 Å². The lowest BCUT2D eigenvalue weighted by Gasteiger charge is -2.37.